The zero-order valence-electron chi connectivity index (χ0n) is 11.9. The van der Waals surface area contributed by atoms with Gasteiger partial charge in [0.25, 0.3) is 0 Å². The summed E-state index contributed by atoms with van der Waals surface area (Å²) in [5, 5.41) is 7.99. The largest absolute Gasteiger partial charge is 0.497 e. The average Bonchev–Trinajstić information content (AvgIpc) is 2.99. The van der Waals surface area contributed by atoms with Gasteiger partial charge in [-0.1, -0.05) is 22.9 Å². The van der Waals surface area contributed by atoms with E-state index < -0.39 is 0 Å². The van der Waals surface area contributed by atoms with E-state index in [1.54, 1.807) is 18.4 Å². The highest BCUT2D eigenvalue weighted by atomic mass is 79.9. The number of nitrogens with one attached hydrogen (secondary N) is 1. The first-order chi connectivity index (χ1) is 9.74. The van der Waals surface area contributed by atoms with E-state index in [9.17, 15) is 0 Å². The van der Waals surface area contributed by atoms with Crippen LogP contribution in [0.25, 0.3) is 0 Å². The van der Waals surface area contributed by atoms with E-state index in [0.29, 0.717) is 6.04 Å². The van der Waals surface area contributed by atoms with Gasteiger partial charge in [-0.3, -0.25) is 0 Å². The zero-order chi connectivity index (χ0) is 14.4. The van der Waals surface area contributed by atoms with Gasteiger partial charge in [0.2, 0.25) is 0 Å². The van der Waals surface area contributed by atoms with Gasteiger partial charge >= 0.3 is 0 Å². The molecule has 1 aromatic heterocycles. The first-order valence-electron chi connectivity index (χ1n) is 6.82. The van der Waals surface area contributed by atoms with Crippen molar-refractivity contribution in [2.24, 2.45) is 0 Å². The molecule has 0 aliphatic rings. The lowest BCUT2D eigenvalue weighted by molar-refractivity contribution is 0.413. The van der Waals surface area contributed by atoms with Crippen LogP contribution in [0.2, 0.25) is 0 Å². The summed E-state index contributed by atoms with van der Waals surface area (Å²) in [6.07, 6.45) is 2.09. The highest BCUT2D eigenvalue weighted by molar-refractivity contribution is 9.10. The lowest BCUT2D eigenvalue weighted by atomic mass is 10.0. The number of hydrogen-bond acceptors (Lipinski definition) is 3. The number of halogens is 1. The Morgan fingerprint density at radius 2 is 2.20 bits per heavy atom. The standard InChI is InChI=1S/C16H20BrNOS/c1-3-7-18-16(12-6-8-20-11-12)10-13-9-14(19-2)4-5-15(13)17/h4-6,8-9,11,16,18H,3,7,10H2,1-2H3. The molecular weight excluding hydrogens is 334 g/mol. The number of benzene rings is 1. The smallest absolute Gasteiger partial charge is 0.119 e. The van der Waals surface area contributed by atoms with Gasteiger partial charge in [-0.15, -0.1) is 0 Å². The Bertz CT molecular complexity index is 527. The van der Waals surface area contributed by atoms with E-state index in [1.165, 1.54) is 11.1 Å². The van der Waals surface area contributed by atoms with Crippen LogP contribution in [0.4, 0.5) is 0 Å². The summed E-state index contributed by atoms with van der Waals surface area (Å²) in [5.74, 6) is 0.905. The quantitative estimate of drug-likeness (QED) is 0.771. The summed E-state index contributed by atoms with van der Waals surface area (Å²) in [7, 11) is 1.71. The number of thiophene rings is 1. The third-order valence-electron chi connectivity index (χ3n) is 3.26. The van der Waals surface area contributed by atoms with Crippen molar-refractivity contribution in [3.8, 4) is 5.75 Å². The Hall–Kier alpha value is -0.840. The van der Waals surface area contributed by atoms with Gasteiger partial charge in [-0.05, 0) is 65.5 Å². The first kappa shape index (κ1) is 15.5. The molecule has 0 aliphatic carbocycles. The number of rotatable bonds is 7. The van der Waals surface area contributed by atoms with Gasteiger partial charge in [0.05, 0.1) is 7.11 Å². The van der Waals surface area contributed by atoms with Crippen molar-refractivity contribution in [3.05, 3.63) is 50.6 Å². The molecule has 108 valence electrons. The molecule has 1 aromatic carbocycles. The van der Waals surface area contributed by atoms with Crippen molar-refractivity contribution in [1.29, 1.82) is 0 Å². The zero-order valence-corrected chi connectivity index (χ0v) is 14.3. The highest BCUT2D eigenvalue weighted by Crippen LogP contribution is 2.28. The molecule has 0 bridgehead atoms. The van der Waals surface area contributed by atoms with Gasteiger partial charge in [0.15, 0.2) is 0 Å². The maximum absolute atomic E-state index is 5.32. The highest BCUT2D eigenvalue weighted by Gasteiger charge is 2.14. The minimum absolute atomic E-state index is 0.351. The summed E-state index contributed by atoms with van der Waals surface area (Å²) in [6.45, 7) is 3.22. The summed E-state index contributed by atoms with van der Waals surface area (Å²) < 4.78 is 6.46. The second kappa shape index (κ2) is 7.81. The van der Waals surface area contributed by atoms with Crippen molar-refractivity contribution in [2.75, 3.05) is 13.7 Å². The summed E-state index contributed by atoms with van der Waals surface area (Å²) >= 11 is 5.39. The Morgan fingerprint density at radius 1 is 1.35 bits per heavy atom. The topological polar surface area (TPSA) is 21.3 Å². The van der Waals surface area contributed by atoms with Crippen LogP contribution < -0.4 is 10.1 Å². The molecule has 1 unspecified atom stereocenters. The van der Waals surface area contributed by atoms with Crippen LogP contribution >= 0.6 is 27.3 Å². The lowest BCUT2D eigenvalue weighted by Crippen LogP contribution is -2.23. The van der Waals surface area contributed by atoms with E-state index >= 15 is 0 Å². The van der Waals surface area contributed by atoms with E-state index in [1.807, 2.05) is 6.07 Å². The molecule has 0 radical (unpaired) electrons. The number of ether oxygens (including phenoxy) is 1. The van der Waals surface area contributed by atoms with Gasteiger partial charge in [-0.2, -0.15) is 11.3 Å². The second-order valence-corrected chi connectivity index (χ2v) is 6.36. The van der Waals surface area contributed by atoms with Crippen LogP contribution in [0.3, 0.4) is 0 Å². The molecule has 0 fully saturated rings. The van der Waals surface area contributed by atoms with Gasteiger partial charge in [-0.25, -0.2) is 0 Å². The van der Waals surface area contributed by atoms with Crippen LogP contribution in [-0.2, 0) is 6.42 Å². The normalized spacial score (nSPS) is 12.3. The Kier molecular flexibility index (Phi) is 6.07. The van der Waals surface area contributed by atoms with E-state index in [2.05, 4.69) is 57.1 Å². The monoisotopic (exact) mass is 353 g/mol. The Morgan fingerprint density at radius 3 is 2.85 bits per heavy atom. The van der Waals surface area contributed by atoms with Crippen LogP contribution in [0.5, 0.6) is 5.75 Å². The minimum atomic E-state index is 0.351. The van der Waals surface area contributed by atoms with E-state index in [0.717, 1.165) is 29.6 Å². The third kappa shape index (κ3) is 4.08. The molecule has 2 aromatic rings. The lowest BCUT2D eigenvalue weighted by Gasteiger charge is -2.19. The first-order valence-corrected chi connectivity index (χ1v) is 8.56. The molecule has 1 heterocycles. The molecule has 0 saturated heterocycles. The van der Waals surface area contributed by atoms with Crippen LogP contribution in [0.15, 0.2) is 39.5 Å². The van der Waals surface area contributed by atoms with Crippen molar-refractivity contribution in [1.82, 2.24) is 5.32 Å². The molecule has 20 heavy (non-hydrogen) atoms. The summed E-state index contributed by atoms with van der Waals surface area (Å²) in [5.41, 5.74) is 2.63. The van der Waals surface area contributed by atoms with Crippen LogP contribution in [0, 0.1) is 0 Å². The third-order valence-corrected chi connectivity index (χ3v) is 4.74. The van der Waals surface area contributed by atoms with Crippen molar-refractivity contribution in [2.45, 2.75) is 25.8 Å². The maximum atomic E-state index is 5.32. The average molecular weight is 354 g/mol. The predicted molar refractivity (Wildman–Crippen MR) is 89.8 cm³/mol. The molecule has 0 amide bonds. The van der Waals surface area contributed by atoms with Crippen molar-refractivity contribution >= 4 is 27.3 Å². The van der Waals surface area contributed by atoms with Gasteiger partial charge < -0.3 is 10.1 Å². The van der Waals surface area contributed by atoms with Crippen LogP contribution in [0.1, 0.15) is 30.5 Å². The summed E-state index contributed by atoms with van der Waals surface area (Å²) in [4.78, 5) is 0. The Balaban J connectivity index is 2.18. The molecule has 2 nitrogen and oxygen atoms in total. The SMILES string of the molecule is CCCNC(Cc1cc(OC)ccc1Br)c1ccsc1. The fourth-order valence-corrected chi connectivity index (χ4v) is 3.28. The van der Waals surface area contributed by atoms with Gasteiger partial charge in [0.1, 0.15) is 5.75 Å². The molecular formula is C16H20BrNOS. The fourth-order valence-electron chi connectivity index (χ4n) is 2.15. The predicted octanol–water partition coefficient (Wildman–Crippen LogP) is 4.80. The second-order valence-electron chi connectivity index (χ2n) is 4.72. The maximum Gasteiger partial charge on any atom is 0.119 e. The Labute approximate surface area is 133 Å². The molecule has 0 spiro atoms. The summed E-state index contributed by atoms with van der Waals surface area (Å²) in [6, 6.07) is 8.69. The number of methoxy groups -OCH3 is 1. The van der Waals surface area contributed by atoms with Crippen molar-refractivity contribution in [3.63, 3.8) is 0 Å². The molecule has 0 aliphatic heterocycles. The molecule has 0 saturated carbocycles. The van der Waals surface area contributed by atoms with Crippen LogP contribution in [-0.4, -0.2) is 13.7 Å². The molecule has 1 atom stereocenters. The molecule has 1 N–H and O–H groups in total. The fraction of sp³-hybridized carbons (Fsp3) is 0.375. The van der Waals surface area contributed by atoms with Gasteiger partial charge in [0, 0.05) is 10.5 Å². The number of hydrogen-bond donors (Lipinski definition) is 1. The van der Waals surface area contributed by atoms with E-state index in [4.69, 9.17) is 4.74 Å². The minimum Gasteiger partial charge on any atom is -0.497 e. The molecule has 4 heteroatoms. The van der Waals surface area contributed by atoms with E-state index in [-0.39, 0.29) is 0 Å². The molecule has 2 rings (SSSR count). The van der Waals surface area contributed by atoms with Crippen molar-refractivity contribution < 1.29 is 4.74 Å².